The van der Waals surface area contributed by atoms with Crippen molar-refractivity contribution in [2.45, 2.75) is 46.5 Å². The van der Waals surface area contributed by atoms with Gasteiger partial charge in [-0.2, -0.15) is 13.2 Å². The molecule has 29 heavy (non-hydrogen) atoms. The molecule has 0 bridgehead atoms. The number of alkyl halides is 3. The summed E-state index contributed by atoms with van der Waals surface area (Å²) in [6, 6.07) is -1.43. The summed E-state index contributed by atoms with van der Waals surface area (Å²) in [5.74, 6) is 1.50. The van der Waals surface area contributed by atoms with E-state index in [1.165, 1.54) is 11.8 Å². The summed E-state index contributed by atoms with van der Waals surface area (Å²) in [5.41, 5.74) is 2.74. The number of piperazine rings is 1. The van der Waals surface area contributed by atoms with Crippen LogP contribution in [0.1, 0.15) is 30.7 Å². The van der Waals surface area contributed by atoms with Crippen molar-refractivity contribution >= 4 is 29.9 Å². The van der Waals surface area contributed by atoms with Crippen molar-refractivity contribution in [3.05, 3.63) is 23.0 Å². The van der Waals surface area contributed by atoms with Crippen molar-refractivity contribution in [2.24, 2.45) is 4.99 Å². The van der Waals surface area contributed by atoms with Crippen LogP contribution in [0.5, 0.6) is 5.75 Å². The quantitative estimate of drug-likeness (QED) is 0.361. The van der Waals surface area contributed by atoms with Gasteiger partial charge in [-0.1, -0.05) is 0 Å². The van der Waals surface area contributed by atoms with Gasteiger partial charge in [0.15, 0.2) is 5.96 Å². The second kappa shape index (κ2) is 11.2. The average Bonchev–Trinajstić information content (AvgIpc) is 2.65. The lowest BCUT2D eigenvalue weighted by atomic mass is 10.1. The highest BCUT2D eigenvalue weighted by atomic mass is 127. The van der Waals surface area contributed by atoms with Crippen LogP contribution in [0, 0.1) is 13.8 Å². The summed E-state index contributed by atoms with van der Waals surface area (Å²) in [6.07, 6.45) is -2.44. The van der Waals surface area contributed by atoms with E-state index in [0.29, 0.717) is 45.2 Å². The van der Waals surface area contributed by atoms with Crippen LogP contribution < -0.4 is 10.1 Å². The molecule has 0 radical (unpaired) electrons. The van der Waals surface area contributed by atoms with Gasteiger partial charge < -0.3 is 15.0 Å². The zero-order chi connectivity index (χ0) is 20.9. The fraction of sp³-hybridized carbons (Fsp3) is 0.684. The highest BCUT2D eigenvalue weighted by Gasteiger charge is 2.41. The van der Waals surface area contributed by atoms with E-state index in [9.17, 15) is 13.2 Å². The van der Waals surface area contributed by atoms with Gasteiger partial charge in [-0.3, -0.25) is 9.88 Å². The molecule has 1 aliphatic heterocycles. The maximum Gasteiger partial charge on any atom is 0.403 e. The van der Waals surface area contributed by atoms with Gasteiger partial charge in [-0.15, -0.1) is 24.0 Å². The average molecular weight is 529 g/mol. The maximum absolute atomic E-state index is 12.9. The van der Waals surface area contributed by atoms with Crippen molar-refractivity contribution < 1.29 is 17.9 Å². The van der Waals surface area contributed by atoms with E-state index >= 15 is 0 Å². The molecule has 2 rings (SSSR count). The van der Waals surface area contributed by atoms with Crippen molar-refractivity contribution in [1.82, 2.24) is 20.1 Å². The molecule has 1 fully saturated rings. The van der Waals surface area contributed by atoms with E-state index in [2.05, 4.69) is 15.3 Å². The van der Waals surface area contributed by atoms with Crippen LogP contribution in [0.15, 0.2) is 11.2 Å². The van der Waals surface area contributed by atoms with Crippen LogP contribution in [0.4, 0.5) is 13.2 Å². The fourth-order valence-corrected chi connectivity index (χ4v) is 3.33. The predicted octanol–water partition coefficient (Wildman–Crippen LogP) is 3.36. The Kier molecular flexibility index (Phi) is 9.93. The first-order valence-electron chi connectivity index (χ1n) is 9.52. The smallest absolute Gasteiger partial charge is 0.403 e. The molecule has 1 saturated heterocycles. The third-order valence-corrected chi connectivity index (χ3v) is 5.10. The van der Waals surface area contributed by atoms with Crippen LogP contribution in [-0.2, 0) is 6.54 Å². The zero-order valence-corrected chi connectivity index (χ0v) is 20.0. The third-order valence-electron chi connectivity index (χ3n) is 5.10. The SMILES string of the molecule is CCNC(=NCc1ncc(C)c(OC)c1C)N1CCN(C(C)C(F)(F)F)CC1.I. The Morgan fingerprint density at radius 2 is 1.90 bits per heavy atom. The summed E-state index contributed by atoms with van der Waals surface area (Å²) in [7, 11) is 1.63. The van der Waals surface area contributed by atoms with Crippen molar-refractivity contribution in [1.29, 1.82) is 0 Å². The number of pyridine rings is 1. The van der Waals surface area contributed by atoms with Crippen LogP contribution >= 0.6 is 24.0 Å². The van der Waals surface area contributed by atoms with Gasteiger partial charge in [0.2, 0.25) is 0 Å². The number of hydrogen-bond donors (Lipinski definition) is 1. The van der Waals surface area contributed by atoms with Crippen molar-refractivity contribution in [2.75, 3.05) is 39.8 Å². The Morgan fingerprint density at radius 1 is 1.28 bits per heavy atom. The Labute approximate surface area is 187 Å². The van der Waals surface area contributed by atoms with Gasteiger partial charge in [0.1, 0.15) is 11.8 Å². The summed E-state index contributed by atoms with van der Waals surface area (Å²) in [6.45, 7) is 9.83. The number of ether oxygens (including phenoxy) is 1. The molecule has 1 aromatic rings. The first-order valence-corrected chi connectivity index (χ1v) is 9.52. The van der Waals surface area contributed by atoms with Gasteiger partial charge in [0, 0.05) is 50.0 Å². The Balaban J connectivity index is 0.00000420. The van der Waals surface area contributed by atoms with Gasteiger partial charge in [-0.25, -0.2) is 4.99 Å². The largest absolute Gasteiger partial charge is 0.496 e. The number of guanidine groups is 1. The van der Waals surface area contributed by atoms with E-state index in [-0.39, 0.29) is 24.0 Å². The van der Waals surface area contributed by atoms with E-state index < -0.39 is 12.2 Å². The number of aryl methyl sites for hydroxylation is 1. The molecule has 0 aliphatic carbocycles. The standard InChI is InChI=1S/C19H30F3N5O.HI/c1-6-23-18(25-12-16-14(3)17(28-5)13(2)11-24-16)27-9-7-26(8-10-27)15(4)19(20,21)22;/h11,15H,6-10,12H2,1-5H3,(H,23,25);1H. The first kappa shape index (κ1) is 25.7. The summed E-state index contributed by atoms with van der Waals surface area (Å²) < 4.78 is 44.3. The number of hydrogen-bond acceptors (Lipinski definition) is 4. The van der Waals surface area contributed by atoms with Crippen molar-refractivity contribution in [3.63, 3.8) is 0 Å². The Hall–Kier alpha value is -1.30. The minimum atomic E-state index is -4.20. The number of aliphatic imine (C=N–C) groups is 1. The molecule has 1 N–H and O–H groups in total. The minimum absolute atomic E-state index is 0. The second-order valence-corrected chi connectivity index (χ2v) is 6.96. The molecule has 1 atom stereocenters. The third kappa shape index (κ3) is 6.59. The molecule has 166 valence electrons. The van der Waals surface area contributed by atoms with Gasteiger partial charge in [-0.05, 0) is 27.7 Å². The van der Waals surface area contributed by atoms with Gasteiger partial charge in [0.25, 0.3) is 0 Å². The summed E-state index contributed by atoms with van der Waals surface area (Å²) >= 11 is 0. The normalized spacial score (nSPS) is 17.0. The molecule has 0 saturated carbocycles. The molecule has 2 heterocycles. The number of nitrogens with one attached hydrogen (secondary N) is 1. The monoisotopic (exact) mass is 529 g/mol. The lowest BCUT2D eigenvalue weighted by Crippen LogP contribution is -2.56. The van der Waals surface area contributed by atoms with E-state index in [4.69, 9.17) is 4.74 Å². The topological polar surface area (TPSA) is 53.0 Å². The lowest BCUT2D eigenvalue weighted by Gasteiger charge is -2.39. The van der Waals surface area contributed by atoms with E-state index in [1.54, 1.807) is 13.3 Å². The summed E-state index contributed by atoms with van der Waals surface area (Å²) in [4.78, 5) is 12.6. The molecule has 0 spiro atoms. The molecule has 1 aromatic heterocycles. The van der Waals surface area contributed by atoms with Crippen LogP contribution in [-0.4, -0.2) is 72.8 Å². The second-order valence-electron chi connectivity index (χ2n) is 6.96. The molecule has 6 nitrogen and oxygen atoms in total. The zero-order valence-electron chi connectivity index (χ0n) is 17.6. The minimum Gasteiger partial charge on any atom is -0.496 e. The number of rotatable bonds is 5. The van der Waals surface area contributed by atoms with Crippen LogP contribution in [0.3, 0.4) is 0 Å². The fourth-order valence-electron chi connectivity index (χ4n) is 3.33. The highest BCUT2D eigenvalue weighted by molar-refractivity contribution is 14.0. The highest BCUT2D eigenvalue weighted by Crippen LogP contribution is 2.26. The lowest BCUT2D eigenvalue weighted by molar-refractivity contribution is -0.181. The molecular formula is C19H31F3IN5O. The maximum atomic E-state index is 12.9. The number of nitrogens with zero attached hydrogens (tertiary/aromatic N) is 4. The van der Waals surface area contributed by atoms with E-state index in [1.807, 2.05) is 25.7 Å². The predicted molar refractivity (Wildman–Crippen MR) is 119 cm³/mol. The van der Waals surface area contributed by atoms with Gasteiger partial charge in [0.05, 0.1) is 19.3 Å². The first-order chi connectivity index (χ1) is 13.2. The summed E-state index contributed by atoms with van der Waals surface area (Å²) in [5, 5.41) is 3.23. The molecule has 1 unspecified atom stereocenters. The molecule has 0 amide bonds. The number of methoxy groups -OCH3 is 1. The number of aromatic nitrogens is 1. The number of halogens is 4. The Bertz CT molecular complexity index is 691. The van der Waals surface area contributed by atoms with Gasteiger partial charge >= 0.3 is 6.18 Å². The van der Waals surface area contributed by atoms with Crippen LogP contribution in [0.2, 0.25) is 0 Å². The molecule has 10 heteroatoms. The molecule has 0 aromatic carbocycles. The molecule has 1 aliphatic rings. The Morgan fingerprint density at radius 3 is 2.41 bits per heavy atom. The van der Waals surface area contributed by atoms with E-state index in [0.717, 1.165) is 22.6 Å². The van der Waals surface area contributed by atoms with Crippen molar-refractivity contribution in [3.8, 4) is 5.75 Å². The molecular weight excluding hydrogens is 498 g/mol. The van der Waals surface area contributed by atoms with Crippen LogP contribution in [0.25, 0.3) is 0 Å².